The fourth-order valence-corrected chi connectivity index (χ4v) is 3.13. The lowest BCUT2D eigenvalue weighted by Gasteiger charge is -2.16. The Bertz CT molecular complexity index is 940. The minimum absolute atomic E-state index is 0.116. The van der Waals surface area contributed by atoms with E-state index in [0.29, 0.717) is 25.2 Å². The monoisotopic (exact) mass is 340 g/mol. The average Bonchev–Trinajstić information content (AvgIpc) is 3.20. The third-order valence-corrected chi connectivity index (χ3v) is 4.34. The molecule has 3 aromatic rings. The Hall–Kier alpha value is -2.96. The molecule has 3 aromatic heterocycles. The van der Waals surface area contributed by atoms with E-state index in [4.69, 9.17) is 4.74 Å². The van der Waals surface area contributed by atoms with Gasteiger partial charge in [-0.25, -0.2) is 4.98 Å². The summed E-state index contributed by atoms with van der Waals surface area (Å²) < 4.78 is 20.7. The lowest BCUT2D eigenvalue weighted by molar-refractivity contribution is 0.0767. The molecule has 0 spiro atoms. The van der Waals surface area contributed by atoms with Gasteiger partial charge >= 0.3 is 0 Å². The average molecular weight is 340 g/mol. The summed E-state index contributed by atoms with van der Waals surface area (Å²) in [4.78, 5) is 22.7. The van der Waals surface area contributed by atoms with E-state index in [1.165, 1.54) is 6.07 Å². The fraction of sp³-hybridized carbons (Fsp3) is 0.278. The van der Waals surface area contributed by atoms with E-state index in [9.17, 15) is 9.18 Å². The van der Waals surface area contributed by atoms with Crippen molar-refractivity contribution < 1.29 is 13.9 Å². The van der Waals surface area contributed by atoms with Crippen LogP contribution in [0.15, 0.2) is 42.6 Å². The number of ether oxygens (including phenoxy) is 1. The van der Waals surface area contributed by atoms with Gasteiger partial charge in [-0.1, -0.05) is 12.1 Å². The zero-order valence-electron chi connectivity index (χ0n) is 13.7. The third kappa shape index (κ3) is 2.93. The molecule has 4 heterocycles. The number of pyridine rings is 2. The second kappa shape index (κ2) is 6.16. The number of amides is 1. The Morgan fingerprint density at radius 3 is 2.96 bits per heavy atom. The second-order valence-corrected chi connectivity index (χ2v) is 6.04. The van der Waals surface area contributed by atoms with Gasteiger partial charge < -0.3 is 14.0 Å². The zero-order valence-corrected chi connectivity index (χ0v) is 13.7. The molecular formula is C18H17FN4O2. The molecule has 128 valence electrons. The standard InChI is InChI=1S/C18H17FN4O2/c1-12-20-17(14-5-2-3-9-23(12)14)18(24)22-10-8-13(11-22)25-16-7-4-6-15(19)21-16/h2-7,9,13H,8,10-11H2,1H3. The van der Waals surface area contributed by atoms with E-state index in [0.717, 1.165) is 11.3 Å². The Labute approximate surface area is 143 Å². The summed E-state index contributed by atoms with van der Waals surface area (Å²) in [7, 11) is 0. The third-order valence-electron chi connectivity index (χ3n) is 4.34. The molecule has 1 fully saturated rings. The predicted molar refractivity (Wildman–Crippen MR) is 89.1 cm³/mol. The smallest absolute Gasteiger partial charge is 0.274 e. The van der Waals surface area contributed by atoms with E-state index in [2.05, 4.69) is 9.97 Å². The maximum absolute atomic E-state index is 13.2. The van der Waals surface area contributed by atoms with E-state index in [1.54, 1.807) is 17.0 Å². The molecule has 7 heteroatoms. The van der Waals surface area contributed by atoms with Gasteiger partial charge in [0.1, 0.15) is 11.9 Å². The first-order valence-corrected chi connectivity index (χ1v) is 8.14. The van der Waals surface area contributed by atoms with E-state index in [-0.39, 0.29) is 17.9 Å². The highest BCUT2D eigenvalue weighted by molar-refractivity contribution is 5.99. The fourth-order valence-electron chi connectivity index (χ4n) is 3.13. The number of rotatable bonds is 3. The summed E-state index contributed by atoms with van der Waals surface area (Å²) in [5.74, 6) is 0.316. The molecule has 1 atom stereocenters. The number of aryl methyl sites for hydroxylation is 1. The summed E-state index contributed by atoms with van der Waals surface area (Å²) >= 11 is 0. The maximum Gasteiger partial charge on any atom is 0.274 e. The van der Waals surface area contributed by atoms with Crippen LogP contribution in [0.4, 0.5) is 4.39 Å². The van der Waals surface area contributed by atoms with Crippen LogP contribution in [-0.4, -0.2) is 44.4 Å². The normalized spacial score (nSPS) is 17.2. The van der Waals surface area contributed by atoms with Gasteiger partial charge in [0.15, 0.2) is 5.69 Å². The molecule has 0 radical (unpaired) electrons. The number of hydrogen-bond donors (Lipinski definition) is 0. The van der Waals surface area contributed by atoms with Crippen LogP contribution >= 0.6 is 0 Å². The van der Waals surface area contributed by atoms with Crippen LogP contribution in [-0.2, 0) is 0 Å². The van der Waals surface area contributed by atoms with Crippen molar-refractivity contribution in [1.29, 1.82) is 0 Å². The van der Waals surface area contributed by atoms with Crippen LogP contribution in [0.3, 0.4) is 0 Å². The second-order valence-electron chi connectivity index (χ2n) is 6.04. The van der Waals surface area contributed by atoms with Crippen molar-refractivity contribution in [3.63, 3.8) is 0 Å². The van der Waals surface area contributed by atoms with Gasteiger partial charge in [-0.05, 0) is 25.1 Å². The number of nitrogens with zero attached hydrogens (tertiary/aromatic N) is 4. The molecule has 1 aliphatic rings. The summed E-state index contributed by atoms with van der Waals surface area (Å²) in [6.07, 6.45) is 2.36. The lowest BCUT2D eigenvalue weighted by atomic mass is 10.3. The van der Waals surface area contributed by atoms with Crippen molar-refractivity contribution >= 4 is 11.4 Å². The molecule has 0 aromatic carbocycles. The SMILES string of the molecule is Cc1nc(C(=O)N2CCC(Oc3cccc(F)n3)C2)c2ccccn12. The predicted octanol–water partition coefficient (Wildman–Crippen LogP) is 2.47. The number of carbonyl (C=O) groups excluding carboxylic acids is 1. The number of aromatic nitrogens is 3. The Morgan fingerprint density at radius 2 is 2.12 bits per heavy atom. The molecular weight excluding hydrogens is 323 g/mol. The van der Waals surface area contributed by atoms with Crippen LogP contribution in [0.1, 0.15) is 22.7 Å². The van der Waals surface area contributed by atoms with Gasteiger partial charge in [0, 0.05) is 25.2 Å². The van der Waals surface area contributed by atoms with Crippen molar-refractivity contribution in [2.24, 2.45) is 0 Å². The molecule has 6 nitrogen and oxygen atoms in total. The van der Waals surface area contributed by atoms with Crippen LogP contribution in [0.25, 0.3) is 5.52 Å². The molecule has 1 amide bonds. The van der Waals surface area contributed by atoms with Crippen molar-refractivity contribution in [2.45, 2.75) is 19.4 Å². The maximum atomic E-state index is 13.2. The van der Waals surface area contributed by atoms with E-state index < -0.39 is 5.95 Å². The quantitative estimate of drug-likeness (QED) is 0.687. The number of halogens is 1. The number of fused-ring (bicyclic) bond motifs is 1. The van der Waals surface area contributed by atoms with Gasteiger partial charge in [0.05, 0.1) is 12.1 Å². The van der Waals surface area contributed by atoms with Crippen molar-refractivity contribution in [2.75, 3.05) is 13.1 Å². The van der Waals surface area contributed by atoms with Crippen molar-refractivity contribution in [3.8, 4) is 5.88 Å². The summed E-state index contributed by atoms with van der Waals surface area (Å²) in [5, 5.41) is 0. The number of carbonyl (C=O) groups is 1. The van der Waals surface area contributed by atoms with Crippen LogP contribution in [0.5, 0.6) is 5.88 Å². The minimum Gasteiger partial charge on any atom is -0.472 e. The zero-order chi connectivity index (χ0) is 17.4. The molecule has 0 saturated carbocycles. The molecule has 0 N–H and O–H groups in total. The molecule has 1 aliphatic heterocycles. The number of likely N-dealkylation sites (tertiary alicyclic amines) is 1. The highest BCUT2D eigenvalue weighted by Crippen LogP contribution is 2.21. The summed E-state index contributed by atoms with van der Waals surface area (Å²) in [6, 6.07) is 10.1. The van der Waals surface area contributed by atoms with Crippen molar-refractivity contribution in [3.05, 3.63) is 60.1 Å². The van der Waals surface area contributed by atoms with Gasteiger partial charge in [-0.3, -0.25) is 4.79 Å². The number of hydrogen-bond acceptors (Lipinski definition) is 4. The van der Waals surface area contributed by atoms with Crippen LogP contribution < -0.4 is 4.74 Å². The molecule has 1 saturated heterocycles. The number of imidazole rings is 1. The van der Waals surface area contributed by atoms with Crippen LogP contribution in [0.2, 0.25) is 0 Å². The first kappa shape index (κ1) is 15.6. The summed E-state index contributed by atoms with van der Waals surface area (Å²) in [5.41, 5.74) is 1.24. The topological polar surface area (TPSA) is 59.7 Å². The first-order chi connectivity index (χ1) is 12.1. The highest BCUT2D eigenvalue weighted by atomic mass is 19.1. The molecule has 0 aliphatic carbocycles. The largest absolute Gasteiger partial charge is 0.472 e. The van der Waals surface area contributed by atoms with Crippen LogP contribution in [0, 0.1) is 12.9 Å². The molecule has 0 bridgehead atoms. The Balaban J connectivity index is 1.50. The summed E-state index contributed by atoms with van der Waals surface area (Å²) in [6.45, 7) is 2.88. The van der Waals surface area contributed by atoms with Crippen molar-refractivity contribution in [1.82, 2.24) is 19.3 Å². The van der Waals surface area contributed by atoms with Gasteiger partial charge in [-0.15, -0.1) is 0 Å². The highest BCUT2D eigenvalue weighted by Gasteiger charge is 2.30. The molecule has 1 unspecified atom stereocenters. The molecule has 25 heavy (non-hydrogen) atoms. The lowest BCUT2D eigenvalue weighted by Crippen LogP contribution is -2.31. The Morgan fingerprint density at radius 1 is 1.24 bits per heavy atom. The van der Waals surface area contributed by atoms with Gasteiger partial charge in [0.25, 0.3) is 5.91 Å². The van der Waals surface area contributed by atoms with Gasteiger partial charge in [-0.2, -0.15) is 9.37 Å². The van der Waals surface area contributed by atoms with E-state index in [1.807, 2.05) is 35.7 Å². The molecule has 4 rings (SSSR count). The van der Waals surface area contributed by atoms with Gasteiger partial charge in [0.2, 0.25) is 11.8 Å². The Kier molecular flexibility index (Phi) is 3.83. The minimum atomic E-state index is -0.580. The first-order valence-electron chi connectivity index (χ1n) is 8.14. The van der Waals surface area contributed by atoms with E-state index >= 15 is 0 Å².